The minimum atomic E-state index is -1.92. The van der Waals surface area contributed by atoms with Gasteiger partial charge in [-0.1, -0.05) is 18.2 Å². The second-order valence-electron chi connectivity index (χ2n) is 11.4. The number of phenolic OH excluding ortho intramolecular Hbond substituents is 8. The van der Waals surface area contributed by atoms with Crippen LogP contribution in [0.2, 0.25) is 0 Å². The second kappa shape index (κ2) is 16.1. The van der Waals surface area contributed by atoms with Crippen molar-refractivity contribution in [2.75, 3.05) is 0 Å². The van der Waals surface area contributed by atoms with E-state index in [-0.39, 0.29) is 27.8 Å². The average Bonchev–Trinajstić information content (AvgIpc) is 3.08. The molecule has 3 atom stereocenters. The van der Waals surface area contributed by atoms with Crippen LogP contribution in [0, 0.1) is 0 Å². The quantitative estimate of drug-likeness (QED) is 0.0508. The molecule has 4 aromatic rings. The van der Waals surface area contributed by atoms with Crippen LogP contribution in [0.4, 0.5) is 0 Å². The molecule has 0 heterocycles. The number of carbonyl (C=O) groups excluding carboxylic acids is 2. The summed E-state index contributed by atoms with van der Waals surface area (Å²) in [5.41, 5.74) is 0.389. The highest BCUT2D eigenvalue weighted by atomic mass is 16.6. The lowest BCUT2D eigenvalue weighted by Gasteiger charge is -2.24. The maximum absolute atomic E-state index is 13.3. The third kappa shape index (κ3) is 9.53. The van der Waals surface area contributed by atoms with Gasteiger partial charge < -0.3 is 60.5 Å². The molecule has 0 aromatic heterocycles. The van der Waals surface area contributed by atoms with E-state index in [0.717, 1.165) is 54.6 Å². The molecule has 0 radical (unpaired) electrons. The van der Waals surface area contributed by atoms with Gasteiger partial charge in [0.25, 0.3) is 0 Å². The molecule has 0 aliphatic rings. The highest BCUT2D eigenvalue weighted by molar-refractivity contribution is 5.89. The van der Waals surface area contributed by atoms with Crippen molar-refractivity contribution in [2.24, 2.45) is 0 Å². The summed E-state index contributed by atoms with van der Waals surface area (Å²) in [6.07, 6.45) is -3.50. The summed E-state index contributed by atoms with van der Waals surface area (Å²) < 4.78 is 10.4. The molecule has 4 aromatic carbocycles. The van der Waals surface area contributed by atoms with Crippen molar-refractivity contribution in [3.05, 3.63) is 101 Å². The molecular formula is C36H32O16. The van der Waals surface area contributed by atoms with Gasteiger partial charge in [0.05, 0.1) is 6.42 Å². The maximum Gasteiger partial charge on any atom is 0.345 e. The average molecular weight is 721 g/mol. The van der Waals surface area contributed by atoms with Crippen LogP contribution < -0.4 is 0 Å². The molecule has 10 N–H and O–H groups in total. The Hall–Kier alpha value is -7.10. The summed E-state index contributed by atoms with van der Waals surface area (Å²) in [7, 11) is 0. The first-order chi connectivity index (χ1) is 24.5. The Kier molecular flexibility index (Phi) is 11.7. The molecule has 0 fully saturated rings. The number of phenols is 8. The van der Waals surface area contributed by atoms with Crippen molar-refractivity contribution in [3.8, 4) is 46.0 Å². The Morgan fingerprint density at radius 1 is 0.577 bits per heavy atom. The van der Waals surface area contributed by atoms with Crippen LogP contribution in [0.5, 0.6) is 46.0 Å². The fraction of sp³-hybridized carbons (Fsp3) is 0.167. The van der Waals surface area contributed by atoms with E-state index in [2.05, 4.69) is 0 Å². The fourth-order valence-corrected chi connectivity index (χ4v) is 5.13. The smallest absolute Gasteiger partial charge is 0.345 e. The minimum absolute atomic E-state index is 0.0509. The van der Waals surface area contributed by atoms with Gasteiger partial charge in [0.1, 0.15) is 0 Å². The number of aromatic hydroxyl groups is 8. The van der Waals surface area contributed by atoms with E-state index >= 15 is 0 Å². The number of hydrogen-bond acceptors (Lipinski definition) is 14. The predicted octanol–water partition coefficient (Wildman–Crippen LogP) is 3.34. The van der Waals surface area contributed by atoms with Gasteiger partial charge in [0.2, 0.25) is 12.2 Å². The van der Waals surface area contributed by atoms with Gasteiger partial charge in [-0.25, -0.2) is 14.4 Å². The molecule has 52 heavy (non-hydrogen) atoms. The van der Waals surface area contributed by atoms with Crippen LogP contribution in [0.1, 0.15) is 40.2 Å². The van der Waals surface area contributed by atoms with Gasteiger partial charge >= 0.3 is 23.9 Å². The van der Waals surface area contributed by atoms with E-state index in [1.54, 1.807) is 0 Å². The number of carboxylic acids is 2. The largest absolute Gasteiger partial charge is 0.504 e. The van der Waals surface area contributed by atoms with Crippen LogP contribution in [-0.2, 0) is 41.5 Å². The van der Waals surface area contributed by atoms with Crippen molar-refractivity contribution in [3.63, 3.8) is 0 Å². The standard InChI is InChI=1S/C36H32O16/c37-23-5-1-17(9-26(23)40)3-8-33(45)51-32(36(49)50)14-20-13-29(43)30(44)15-21(20)22(19-4-7-25(39)28(42)12-19)16-34(46)52-31(35(47)48)11-18-2-6-24(38)27(41)10-18/h1-10,12-13,15,22,31-32,37-44H,11,14,16H2,(H,47,48)(H,49,50)/t22-,31-,32-/m1/s1. The molecule has 4 rings (SSSR count). The van der Waals surface area contributed by atoms with Gasteiger partial charge in [-0.3, -0.25) is 4.79 Å². The minimum Gasteiger partial charge on any atom is -0.504 e. The van der Waals surface area contributed by atoms with Crippen LogP contribution >= 0.6 is 0 Å². The number of rotatable bonds is 14. The van der Waals surface area contributed by atoms with E-state index in [1.807, 2.05) is 0 Å². The number of carbonyl (C=O) groups is 4. The number of benzene rings is 4. The molecule has 16 nitrogen and oxygen atoms in total. The molecule has 0 saturated carbocycles. The molecule has 0 unspecified atom stereocenters. The van der Waals surface area contributed by atoms with E-state index in [9.17, 15) is 70.2 Å². The van der Waals surface area contributed by atoms with Crippen molar-refractivity contribution in [2.45, 2.75) is 37.4 Å². The van der Waals surface area contributed by atoms with Crippen LogP contribution in [0.25, 0.3) is 6.08 Å². The second-order valence-corrected chi connectivity index (χ2v) is 11.4. The molecule has 0 saturated heterocycles. The Morgan fingerprint density at radius 3 is 1.71 bits per heavy atom. The number of carboxylic acid groups (broad SMARTS) is 2. The first kappa shape index (κ1) is 37.7. The molecular weight excluding hydrogens is 688 g/mol. The Morgan fingerprint density at radius 2 is 1.12 bits per heavy atom. The third-order valence-electron chi connectivity index (χ3n) is 7.74. The zero-order valence-corrected chi connectivity index (χ0v) is 26.8. The monoisotopic (exact) mass is 720 g/mol. The van der Waals surface area contributed by atoms with Crippen molar-refractivity contribution in [1.82, 2.24) is 0 Å². The Bertz CT molecular complexity index is 2040. The topological polar surface area (TPSA) is 289 Å². The summed E-state index contributed by atoms with van der Waals surface area (Å²) in [5, 5.41) is 99.2. The number of aliphatic carboxylic acids is 2. The number of hydrogen-bond donors (Lipinski definition) is 10. The van der Waals surface area contributed by atoms with E-state index in [1.165, 1.54) is 24.3 Å². The van der Waals surface area contributed by atoms with Gasteiger partial charge in [-0.15, -0.1) is 0 Å². The molecule has 0 bridgehead atoms. The van der Waals surface area contributed by atoms with Gasteiger partial charge in [0.15, 0.2) is 46.0 Å². The summed E-state index contributed by atoms with van der Waals surface area (Å²) in [6, 6.07) is 12.5. The SMILES string of the molecule is O=C(C=Cc1ccc(O)c(O)c1)O[C@H](Cc1cc(O)c(O)cc1[C@H](CC(=O)O[C@H](Cc1ccc(O)c(O)c1)C(=O)O)c1ccc(O)c(O)c1)C(=O)O. The zero-order chi connectivity index (χ0) is 38.3. The number of esters is 2. The molecule has 0 spiro atoms. The highest BCUT2D eigenvalue weighted by Gasteiger charge is 2.31. The van der Waals surface area contributed by atoms with E-state index in [0.29, 0.717) is 0 Å². The van der Waals surface area contributed by atoms with E-state index in [4.69, 9.17) is 9.47 Å². The lowest BCUT2D eigenvalue weighted by atomic mass is 9.83. The Balaban J connectivity index is 1.67. The lowest BCUT2D eigenvalue weighted by Crippen LogP contribution is -2.30. The van der Waals surface area contributed by atoms with Crippen LogP contribution in [0.15, 0.2) is 72.8 Å². The van der Waals surface area contributed by atoms with Gasteiger partial charge in [-0.05, 0) is 82.4 Å². The molecule has 0 aliphatic heterocycles. The summed E-state index contributed by atoms with van der Waals surface area (Å²) >= 11 is 0. The lowest BCUT2D eigenvalue weighted by molar-refractivity contribution is -0.164. The van der Waals surface area contributed by atoms with Crippen molar-refractivity contribution >= 4 is 30.0 Å². The van der Waals surface area contributed by atoms with E-state index < -0.39 is 107 Å². The maximum atomic E-state index is 13.3. The molecule has 16 heteroatoms. The van der Waals surface area contributed by atoms with Gasteiger partial charge in [-0.2, -0.15) is 0 Å². The van der Waals surface area contributed by atoms with Crippen LogP contribution in [0.3, 0.4) is 0 Å². The van der Waals surface area contributed by atoms with Crippen molar-refractivity contribution in [1.29, 1.82) is 0 Å². The van der Waals surface area contributed by atoms with Crippen LogP contribution in [-0.4, -0.2) is 87.2 Å². The van der Waals surface area contributed by atoms with Gasteiger partial charge in [0, 0.05) is 24.8 Å². The highest BCUT2D eigenvalue weighted by Crippen LogP contribution is 2.40. The Labute approximate surface area is 293 Å². The third-order valence-corrected chi connectivity index (χ3v) is 7.74. The zero-order valence-electron chi connectivity index (χ0n) is 26.8. The first-order valence-corrected chi connectivity index (χ1v) is 15.2. The molecule has 0 aliphatic carbocycles. The molecule has 0 amide bonds. The normalized spacial score (nSPS) is 12.8. The number of ether oxygens (including phenoxy) is 2. The summed E-state index contributed by atoms with van der Waals surface area (Å²) in [4.78, 5) is 50.2. The summed E-state index contributed by atoms with van der Waals surface area (Å²) in [6.45, 7) is 0. The first-order valence-electron chi connectivity index (χ1n) is 15.2. The molecule has 272 valence electrons. The fourth-order valence-electron chi connectivity index (χ4n) is 5.13. The predicted molar refractivity (Wildman–Crippen MR) is 177 cm³/mol. The van der Waals surface area contributed by atoms with Crippen molar-refractivity contribution < 1.29 is 79.7 Å². The summed E-state index contributed by atoms with van der Waals surface area (Å²) in [5.74, 6) is -11.3.